The van der Waals surface area contributed by atoms with Crippen LogP contribution in [0.25, 0.3) is 0 Å². The Morgan fingerprint density at radius 2 is 2.32 bits per heavy atom. The SMILES string of the molecule is CCCCn1c(SC(C)c2nc(C)no2)n[nH]c1=O. The number of nitrogens with one attached hydrogen (secondary N) is 1. The van der Waals surface area contributed by atoms with Crippen LogP contribution in [0.15, 0.2) is 14.5 Å². The summed E-state index contributed by atoms with van der Waals surface area (Å²) in [5.41, 5.74) is -0.176. The third kappa shape index (κ3) is 3.25. The Kier molecular flexibility index (Phi) is 4.41. The molecule has 7 nitrogen and oxygen atoms in total. The fraction of sp³-hybridized carbons (Fsp3) is 0.636. The first kappa shape index (κ1) is 13.9. The monoisotopic (exact) mass is 283 g/mol. The molecule has 0 radical (unpaired) electrons. The number of nitrogens with zero attached hydrogens (tertiary/aromatic N) is 4. The highest BCUT2D eigenvalue weighted by Crippen LogP contribution is 2.31. The van der Waals surface area contributed by atoms with Crippen molar-refractivity contribution >= 4 is 11.8 Å². The van der Waals surface area contributed by atoms with Gasteiger partial charge in [0.25, 0.3) is 0 Å². The minimum atomic E-state index is -0.176. The summed E-state index contributed by atoms with van der Waals surface area (Å²) in [6.07, 6.45) is 1.97. The summed E-state index contributed by atoms with van der Waals surface area (Å²) in [6, 6.07) is 0. The van der Waals surface area contributed by atoms with Gasteiger partial charge in [0.15, 0.2) is 11.0 Å². The second kappa shape index (κ2) is 6.05. The van der Waals surface area contributed by atoms with Crippen LogP contribution in [0.1, 0.15) is 43.7 Å². The van der Waals surface area contributed by atoms with Gasteiger partial charge in [-0.2, -0.15) is 4.98 Å². The third-order valence-corrected chi connectivity index (χ3v) is 3.71. The standard InChI is InChI=1S/C11H17N5O2S/c1-4-5-6-16-10(17)13-14-11(16)19-7(2)9-12-8(3)15-18-9/h7H,4-6H2,1-3H3,(H,13,17). The van der Waals surface area contributed by atoms with Crippen molar-refractivity contribution in [3.8, 4) is 0 Å². The number of H-pyrrole nitrogens is 1. The Balaban J connectivity index is 2.12. The van der Waals surface area contributed by atoms with Crippen LogP contribution >= 0.6 is 11.8 Å². The van der Waals surface area contributed by atoms with Crippen LogP contribution in [0.5, 0.6) is 0 Å². The molecule has 0 fully saturated rings. The lowest BCUT2D eigenvalue weighted by atomic mass is 10.3. The molecule has 0 saturated heterocycles. The molecule has 0 spiro atoms. The van der Waals surface area contributed by atoms with E-state index in [1.54, 1.807) is 11.5 Å². The van der Waals surface area contributed by atoms with E-state index < -0.39 is 0 Å². The largest absolute Gasteiger partial charge is 0.343 e. The van der Waals surface area contributed by atoms with E-state index in [1.807, 2.05) is 6.92 Å². The molecule has 0 aromatic carbocycles. The van der Waals surface area contributed by atoms with Gasteiger partial charge in [-0.05, 0) is 20.3 Å². The normalized spacial score (nSPS) is 12.8. The number of hydrogen-bond acceptors (Lipinski definition) is 6. The zero-order valence-corrected chi connectivity index (χ0v) is 12.0. The van der Waals surface area contributed by atoms with Crippen LogP contribution in [0.4, 0.5) is 0 Å². The molecule has 0 aliphatic carbocycles. The Morgan fingerprint density at radius 3 is 2.95 bits per heavy atom. The van der Waals surface area contributed by atoms with E-state index in [-0.39, 0.29) is 10.9 Å². The van der Waals surface area contributed by atoms with Crippen molar-refractivity contribution in [2.45, 2.75) is 50.6 Å². The molecule has 1 atom stereocenters. The van der Waals surface area contributed by atoms with Crippen LogP contribution in [-0.4, -0.2) is 24.9 Å². The molecule has 8 heteroatoms. The van der Waals surface area contributed by atoms with E-state index in [9.17, 15) is 4.79 Å². The van der Waals surface area contributed by atoms with Gasteiger partial charge in [0.05, 0.1) is 5.25 Å². The summed E-state index contributed by atoms with van der Waals surface area (Å²) in [5, 5.41) is 10.9. The maximum atomic E-state index is 11.6. The first-order valence-electron chi connectivity index (χ1n) is 6.24. The van der Waals surface area contributed by atoms with Gasteiger partial charge in [-0.3, -0.25) is 4.57 Å². The molecule has 0 amide bonds. The summed E-state index contributed by atoms with van der Waals surface area (Å²) in [6.45, 7) is 6.47. The molecule has 2 aromatic heterocycles. The number of aryl methyl sites for hydroxylation is 1. The Morgan fingerprint density at radius 1 is 1.53 bits per heavy atom. The molecule has 0 aliphatic heterocycles. The van der Waals surface area contributed by atoms with Crippen molar-refractivity contribution < 1.29 is 4.52 Å². The smallest absolute Gasteiger partial charge is 0.338 e. The van der Waals surface area contributed by atoms with Gasteiger partial charge < -0.3 is 4.52 Å². The Bertz CT molecular complexity index is 588. The lowest BCUT2D eigenvalue weighted by Gasteiger charge is -2.07. The maximum absolute atomic E-state index is 11.6. The van der Waals surface area contributed by atoms with E-state index >= 15 is 0 Å². The molecule has 1 unspecified atom stereocenters. The number of unbranched alkanes of at least 4 members (excludes halogenated alkanes) is 1. The predicted molar refractivity (Wildman–Crippen MR) is 71.1 cm³/mol. The quantitative estimate of drug-likeness (QED) is 0.815. The van der Waals surface area contributed by atoms with Crippen molar-refractivity contribution in [2.24, 2.45) is 0 Å². The zero-order valence-electron chi connectivity index (χ0n) is 11.2. The van der Waals surface area contributed by atoms with Gasteiger partial charge in [-0.15, -0.1) is 5.10 Å². The van der Waals surface area contributed by atoms with Crippen LogP contribution < -0.4 is 5.69 Å². The van der Waals surface area contributed by atoms with Gasteiger partial charge in [0.1, 0.15) is 0 Å². The highest BCUT2D eigenvalue weighted by atomic mass is 32.2. The van der Waals surface area contributed by atoms with Gasteiger partial charge >= 0.3 is 5.69 Å². The average Bonchev–Trinajstić information content (AvgIpc) is 2.95. The number of aromatic amines is 1. The van der Waals surface area contributed by atoms with Crippen molar-refractivity contribution in [3.63, 3.8) is 0 Å². The Labute approximate surface area is 114 Å². The molecule has 0 aliphatic rings. The molecule has 104 valence electrons. The molecular formula is C11H17N5O2S. The first-order chi connectivity index (χ1) is 9.11. The van der Waals surface area contributed by atoms with Crippen LogP contribution in [0.3, 0.4) is 0 Å². The summed E-state index contributed by atoms with van der Waals surface area (Å²) >= 11 is 1.43. The lowest BCUT2D eigenvalue weighted by molar-refractivity contribution is 0.376. The molecule has 0 saturated carbocycles. The van der Waals surface area contributed by atoms with Gasteiger partial charge in [-0.25, -0.2) is 9.89 Å². The van der Waals surface area contributed by atoms with E-state index in [2.05, 4.69) is 27.3 Å². The molecule has 0 bridgehead atoms. The molecule has 2 heterocycles. The maximum Gasteiger partial charge on any atom is 0.343 e. The fourth-order valence-corrected chi connectivity index (χ4v) is 2.51. The molecule has 2 aromatic rings. The second-order valence-corrected chi connectivity index (χ2v) is 5.56. The number of aromatic nitrogens is 5. The van der Waals surface area contributed by atoms with Gasteiger partial charge in [-0.1, -0.05) is 30.3 Å². The van der Waals surface area contributed by atoms with Gasteiger partial charge in [0.2, 0.25) is 5.89 Å². The van der Waals surface area contributed by atoms with Crippen molar-refractivity contribution in [3.05, 3.63) is 22.2 Å². The van der Waals surface area contributed by atoms with Crippen LogP contribution in [0, 0.1) is 6.92 Å². The van der Waals surface area contributed by atoms with E-state index in [0.717, 1.165) is 12.8 Å². The zero-order chi connectivity index (χ0) is 13.8. The molecule has 2 rings (SSSR count). The van der Waals surface area contributed by atoms with E-state index in [1.165, 1.54) is 11.8 Å². The summed E-state index contributed by atoms with van der Waals surface area (Å²) in [4.78, 5) is 15.8. The second-order valence-electron chi connectivity index (χ2n) is 4.26. The van der Waals surface area contributed by atoms with E-state index in [4.69, 9.17) is 4.52 Å². The average molecular weight is 283 g/mol. The lowest BCUT2D eigenvalue weighted by Crippen LogP contribution is -2.17. The highest BCUT2D eigenvalue weighted by molar-refractivity contribution is 7.99. The topological polar surface area (TPSA) is 89.6 Å². The summed E-state index contributed by atoms with van der Waals surface area (Å²) < 4.78 is 6.77. The Hall–Kier alpha value is -1.57. The van der Waals surface area contributed by atoms with Crippen molar-refractivity contribution in [1.29, 1.82) is 0 Å². The number of rotatable bonds is 6. The minimum Gasteiger partial charge on any atom is -0.338 e. The third-order valence-electron chi connectivity index (χ3n) is 2.63. The number of hydrogen-bond donors (Lipinski definition) is 1. The van der Waals surface area contributed by atoms with E-state index in [0.29, 0.717) is 23.4 Å². The summed E-state index contributed by atoms with van der Waals surface area (Å²) in [7, 11) is 0. The summed E-state index contributed by atoms with van der Waals surface area (Å²) in [5.74, 6) is 1.15. The minimum absolute atomic E-state index is 0.0447. The molecular weight excluding hydrogens is 266 g/mol. The molecule has 19 heavy (non-hydrogen) atoms. The van der Waals surface area contributed by atoms with Crippen molar-refractivity contribution in [2.75, 3.05) is 0 Å². The highest BCUT2D eigenvalue weighted by Gasteiger charge is 2.18. The molecule has 1 N–H and O–H groups in total. The van der Waals surface area contributed by atoms with Gasteiger partial charge in [0, 0.05) is 6.54 Å². The van der Waals surface area contributed by atoms with Crippen LogP contribution in [-0.2, 0) is 6.54 Å². The van der Waals surface area contributed by atoms with Crippen LogP contribution in [0.2, 0.25) is 0 Å². The first-order valence-corrected chi connectivity index (χ1v) is 7.11. The number of thioether (sulfide) groups is 1. The predicted octanol–water partition coefficient (Wildman–Crippen LogP) is 1.92. The fourth-order valence-electron chi connectivity index (χ4n) is 1.59. The van der Waals surface area contributed by atoms with Crippen molar-refractivity contribution in [1.82, 2.24) is 24.9 Å².